The van der Waals surface area contributed by atoms with Gasteiger partial charge in [0.15, 0.2) is 5.75 Å². The summed E-state index contributed by atoms with van der Waals surface area (Å²) >= 11 is 11.6. The number of pyridine rings is 1. The minimum atomic E-state index is -0.445. The molecule has 0 aliphatic carbocycles. The third kappa shape index (κ3) is 2.78. The van der Waals surface area contributed by atoms with Crippen molar-refractivity contribution in [3.05, 3.63) is 46.3 Å². The van der Waals surface area contributed by atoms with Gasteiger partial charge in [-0.1, -0.05) is 23.2 Å². The number of nitrogens with zero attached hydrogens (tertiary/aromatic N) is 1. The average Bonchev–Trinajstić information content (AvgIpc) is 2.29. The molecule has 0 fully saturated rings. The van der Waals surface area contributed by atoms with E-state index in [2.05, 4.69) is 4.98 Å². The summed E-state index contributed by atoms with van der Waals surface area (Å²) in [5.41, 5.74) is 6.02. The van der Waals surface area contributed by atoms with Crippen molar-refractivity contribution in [1.29, 1.82) is 0 Å². The standard InChI is InChI=1S/C11H7Cl2FN2O/c12-7-3-9(15)10(4-8(7)13)17-11-2-1-6(14)5-16-11/h1-5H,15H2. The molecule has 0 radical (unpaired) electrons. The first kappa shape index (κ1) is 12.0. The first-order valence-electron chi connectivity index (χ1n) is 4.60. The molecule has 17 heavy (non-hydrogen) atoms. The van der Waals surface area contributed by atoms with Gasteiger partial charge in [0.05, 0.1) is 21.9 Å². The molecule has 2 N–H and O–H groups in total. The second-order valence-electron chi connectivity index (χ2n) is 3.22. The second kappa shape index (κ2) is 4.77. The lowest BCUT2D eigenvalue weighted by Crippen LogP contribution is -1.94. The lowest BCUT2D eigenvalue weighted by Gasteiger charge is -2.08. The molecule has 0 saturated heterocycles. The number of anilines is 1. The molecule has 2 aromatic rings. The number of hydrogen-bond donors (Lipinski definition) is 1. The number of nitrogen functional groups attached to an aromatic ring is 1. The quantitative estimate of drug-likeness (QED) is 0.844. The Bertz CT molecular complexity index is 546. The third-order valence-electron chi connectivity index (χ3n) is 1.97. The van der Waals surface area contributed by atoms with E-state index in [1.807, 2.05) is 0 Å². The molecule has 1 heterocycles. The van der Waals surface area contributed by atoms with Gasteiger partial charge in [-0.15, -0.1) is 0 Å². The summed E-state index contributed by atoms with van der Waals surface area (Å²) in [4.78, 5) is 3.74. The highest BCUT2D eigenvalue weighted by Gasteiger charge is 2.08. The monoisotopic (exact) mass is 272 g/mol. The molecule has 0 aliphatic rings. The summed E-state index contributed by atoms with van der Waals surface area (Å²) in [5.74, 6) is 0.0921. The largest absolute Gasteiger partial charge is 0.437 e. The van der Waals surface area contributed by atoms with E-state index in [-0.39, 0.29) is 5.88 Å². The third-order valence-corrected chi connectivity index (χ3v) is 2.69. The summed E-state index contributed by atoms with van der Waals surface area (Å²) < 4.78 is 18.0. The molecule has 0 amide bonds. The molecular formula is C11H7Cl2FN2O. The predicted molar refractivity (Wildman–Crippen MR) is 65.1 cm³/mol. The fourth-order valence-corrected chi connectivity index (χ4v) is 1.49. The zero-order valence-corrected chi connectivity index (χ0v) is 9.97. The number of benzene rings is 1. The molecule has 0 saturated carbocycles. The fraction of sp³-hybridized carbons (Fsp3) is 0. The van der Waals surface area contributed by atoms with E-state index in [4.69, 9.17) is 33.7 Å². The molecular weight excluding hydrogens is 266 g/mol. The van der Waals surface area contributed by atoms with Gasteiger partial charge in [-0.3, -0.25) is 0 Å². The van der Waals surface area contributed by atoms with Gasteiger partial charge in [0.2, 0.25) is 5.88 Å². The summed E-state index contributed by atoms with van der Waals surface area (Å²) in [6.07, 6.45) is 1.04. The number of nitrogens with two attached hydrogens (primary N) is 1. The van der Waals surface area contributed by atoms with E-state index in [0.717, 1.165) is 6.20 Å². The first-order chi connectivity index (χ1) is 8.06. The Morgan fingerprint density at radius 2 is 1.88 bits per heavy atom. The van der Waals surface area contributed by atoms with Gasteiger partial charge in [0, 0.05) is 12.1 Å². The van der Waals surface area contributed by atoms with Crippen molar-refractivity contribution in [2.45, 2.75) is 0 Å². The van der Waals surface area contributed by atoms with Crippen LogP contribution in [0.15, 0.2) is 30.5 Å². The van der Waals surface area contributed by atoms with Crippen molar-refractivity contribution in [1.82, 2.24) is 4.98 Å². The maximum atomic E-state index is 12.6. The Balaban J connectivity index is 2.30. The smallest absolute Gasteiger partial charge is 0.219 e. The zero-order valence-electron chi connectivity index (χ0n) is 8.45. The van der Waals surface area contributed by atoms with Gasteiger partial charge in [-0.25, -0.2) is 9.37 Å². The van der Waals surface area contributed by atoms with E-state index >= 15 is 0 Å². The van der Waals surface area contributed by atoms with Gasteiger partial charge in [0.25, 0.3) is 0 Å². The molecule has 3 nitrogen and oxygen atoms in total. The molecule has 2 rings (SSSR count). The highest BCUT2D eigenvalue weighted by Crippen LogP contribution is 2.34. The van der Waals surface area contributed by atoms with Gasteiger partial charge < -0.3 is 10.5 Å². The number of halogens is 3. The van der Waals surface area contributed by atoms with Gasteiger partial charge in [-0.2, -0.15) is 0 Å². The van der Waals surface area contributed by atoms with Crippen molar-refractivity contribution in [3.63, 3.8) is 0 Å². The Hall–Kier alpha value is -1.52. The predicted octanol–water partition coefficient (Wildman–Crippen LogP) is 3.90. The summed E-state index contributed by atoms with van der Waals surface area (Å²) in [6.45, 7) is 0. The molecule has 0 spiro atoms. The van der Waals surface area contributed by atoms with E-state index in [1.165, 1.54) is 24.3 Å². The molecule has 88 valence electrons. The van der Waals surface area contributed by atoms with Crippen LogP contribution in [0.2, 0.25) is 10.0 Å². The molecule has 0 bridgehead atoms. The van der Waals surface area contributed by atoms with Crippen LogP contribution in [0.3, 0.4) is 0 Å². The Kier molecular flexibility index (Phi) is 3.36. The summed E-state index contributed by atoms with van der Waals surface area (Å²) in [7, 11) is 0. The lowest BCUT2D eigenvalue weighted by atomic mass is 10.3. The van der Waals surface area contributed by atoms with Crippen LogP contribution in [0.25, 0.3) is 0 Å². The minimum Gasteiger partial charge on any atom is -0.437 e. The van der Waals surface area contributed by atoms with Crippen molar-refractivity contribution in [2.75, 3.05) is 5.73 Å². The Labute approximate surface area is 107 Å². The normalized spacial score (nSPS) is 10.3. The zero-order chi connectivity index (χ0) is 12.4. The first-order valence-corrected chi connectivity index (χ1v) is 5.36. The number of rotatable bonds is 2. The van der Waals surface area contributed by atoms with Crippen LogP contribution in [0, 0.1) is 5.82 Å². The van der Waals surface area contributed by atoms with Crippen molar-refractivity contribution >= 4 is 28.9 Å². The SMILES string of the molecule is Nc1cc(Cl)c(Cl)cc1Oc1ccc(F)cn1. The van der Waals surface area contributed by atoms with E-state index in [9.17, 15) is 4.39 Å². The van der Waals surface area contributed by atoms with Gasteiger partial charge in [-0.05, 0) is 12.1 Å². The molecule has 1 aromatic heterocycles. The summed E-state index contributed by atoms with van der Waals surface area (Å²) in [5, 5.41) is 0.654. The van der Waals surface area contributed by atoms with Crippen LogP contribution < -0.4 is 10.5 Å². The van der Waals surface area contributed by atoms with E-state index in [1.54, 1.807) is 0 Å². The molecule has 0 aliphatic heterocycles. The topological polar surface area (TPSA) is 48.1 Å². The Morgan fingerprint density at radius 3 is 2.53 bits per heavy atom. The van der Waals surface area contributed by atoms with Crippen LogP contribution >= 0.6 is 23.2 Å². The lowest BCUT2D eigenvalue weighted by molar-refractivity contribution is 0.461. The second-order valence-corrected chi connectivity index (χ2v) is 4.04. The number of ether oxygens (including phenoxy) is 1. The highest BCUT2D eigenvalue weighted by atomic mass is 35.5. The van der Waals surface area contributed by atoms with E-state index < -0.39 is 5.82 Å². The maximum Gasteiger partial charge on any atom is 0.219 e. The molecule has 0 atom stereocenters. The Morgan fingerprint density at radius 1 is 1.18 bits per heavy atom. The van der Waals surface area contributed by atoms with Gasteiger partial charge in [0.1, 0.15) is 5.82 Å². The van der Waals surface area contributed by atoms with Crippen LogP contribution in [-0.2, 0) is 0 Å². The fourth-order valence-electron chi connectivity index (χ4n) is 1.17. The maximum absolute atomic E-state index is 12.6. The highest BCUT2D eigenvalue weighted by molar-refractivity contribution is 6.42. The van der Waals surface area contributed by atoms with Crippen molar-refractivity contribution in [3.8, 4) is 11.6 Å². The van der Waals surface area contributed by atoms with E-state index in [0.29, 0.717) is 21.5 Å². The molecule has 0 unspecified atom stereocenters. The minimum absolute atomic E-state index is 0.219. The van der Waals surface area contributed by atoms with Crippen LogP contribution in [0.5, 0.6) is 11.6 Å². The molecule has 1 aromatic carbocycles. The van der Waals surface area contributed by atoms with Crippen LogP contribution in [-0.4, -0.2) is 4.98 Å². The van der Waals surface area contributed by atoms with Crippen LogP contribution in [0.4, 0.5) is 10.1 Å². The van der Waals surface area contributed by atoms with Crippen molar-refractivity contribution < 1.29 is 9.13 Å². The number of aromatic nitrogens is 1. The summed E-state index contributed by atoms with van der Waals surface area (Å²) in [6, 6.07) is 5.57. The van der Waals surface area contributed by atoms with Crippen molar-refractivity contribution in [2.24, 2.45) is 0 Å². The van der Waals surface area contributed by atoms with Crippen LogP contribution in [0.1, 0.15) is 0 Å². The van der Waals surface area contributed by atoms with Gasteiger partial charge >= 0.3 is 0 Å². The number of hydrogen-bond acceptors (Lipinski definition) is 3. The molecule has 6 heteroatoms. The average molecular weight is 273 g/mol.